The molecule has 1 aromatic rings. The summed E-state index contributed by atoms with van der Waals surface area (Å²) < 4.78 is 0. The van der Waals surface area contributed by atoms with Gasteiger partial charge >= 0.3 is 0 Å². The standard InChI is InChI=1S/C12H15ClN2O.ClH/c1-8-10(4-3-5-11(8)13)12(16)15(2)9-6-14-7-9;/h3-5,9,14H,6-7H2,1-2H3;1H. The third-order valence-electron chi connectivity index (χ3n) is 3.13. The Morgan fingerprint density at radius 2 is 2.12 bits per heavy atom. The van der Waals surface area contributed by atoms with Crippen LogP contribution in [0.1, 0.15) is 15.9 Å². The topological polar surface area (TPSA) is 32.3 Å². The number of likely N-dealkylation sites (N-methyl/N-ethyl adjacent to an activating group) is 1. The summed E-state index contributed by atoms with van der Waals surface area (Å²) in [5.74, 6) is 0.0477. The average molecular weight is 275 g/mol. The summed E-state index contributed by atoms with van der Waals surface area (Å²) in [6.45, 7) is 3.63. The van der Waals surface area contributed by atoms with E-state index in [1.165, 1.54) is 0 Å². The molecule has 17 heavy (non-hydrogen) atoms. The predicted molar refractivity (Wildman–Crippen MR) is 72.2 cm³/mol. The van der Waals surface area contributed by atoms with Gasteiger partial charge in [-0.25, -0.2) is 0 Å². The molecular formula is C12H16Cl2N2O. The van der Waals surface area contributed by atoms with Crippen molar-refractivity contribution < 1.29 is 4.79 Å². The molecule has 0 radical (unpaired) electrons. The Labute approximate surface area is 113 Å². The van der Waals surface area contributed by atoms with Crippen LogP contribution in [0, 0.1) is 6.92 Å². The zero-order chi connectivity index (χ0) is 11.7. The van der Waals surface area contributed by atoms with Crippen LogP contribution in [-0.2, 0) is 0 Å². The third-order valence-corrected chi connectivity index (χ3v) is 3.54. The highest BCUT2D eigenvalue weighted by Gasteiger charge is 2.26. The van der Waals surface area contributed by atoms with Crippen molar-refractivity contribution in [2.75, 3.05) is 20.1 Å². The van der Waals surface area contributed by atoms with Crippen LogP contribution >= 0.6 is 24.0 Å². The minimum Gasteiger partial charge on any atom is -0.336 e. The molecule has 1 fully saturated rings. The van der Waals surface area contributed by atoms with Crippen LogP contribution in [0.3, 0.4) is 0 Å². The quantitative estimate of drug-likeness (QED) is 0.896. The van der Waals surface area contributed by atoms with Gasteiger partial charge in [0.15, 0.2) is 0 Å². The van der Waals surface area contributed by atoms with Crippen LogP contribution in [-0.4, -0.2) is 37.0 Å². The normalized spacial score (nSPS) is 14.8. The Bertz CT molecular complexity index is 419. The number of nitrogens with one attached hydrogen (secondary N) is 1. The molecule has 0 atom stereocenters. The highest BCUT2D eigenvalue weighted by atomic mass is 35.5. The van der Waals surface area contributed by atoms with Crippen LogP contribution in [0.15, 0.2) is 18.2 Å². The lowest BCUT2D eigenvalue weighted by Crippen LogP contribution is -2.57. The van der Waals surface area contributed by atoms with Crippen molar-refractivity contribution in [3.8, 4) is 0 Å². The van der Waals surface area contributed by atoms with E-state index in [1.54, 1.807) is 11.0 Å². The molecule has 1 aliphatic heterocycles. The number of benzene rings is 1. The molecule has 3 nitrogen and oxygen atoms in total. The SMILES string of the molecule is Cc1c(Cl)cccc1C(=O)N(C)C1CNC1.Cl. The average Bonchev–Trinajstić information content (AvgIpc) is 2.18. The zero-order valence-corrected chi connectivity index (χ0v) is 11.4. The second-order valence-corrected chi connectivity index (χ2v) is 4.55. The molecule has 0 saturated carbocycles. The molecular weight excluding hydrogens is 259 g/mol. The molecule has 1 N–H and O–H groups in total. The van der Waals surface area contributed by atoms with E-state index in [-0.39, 0.29) is 18.3 Å². The van der Waals surface area contributed by atoms with Crippen molar-refractivity contribution in [1.82, 2.24) is 10.2 Å². The van der Waals surface area contributed by atoms with Gasteiger partial charge < -0.3 is 10.2 Å². The van der Waals surface area contributed by atoms with E-state index in [9.17, 15) is 4.79 Å². The van der Waals surface area contributed by atoms with Gasteiger partial charge in [0.1, 0.15) is 0 Å². The van der Waals surface area contributed by atoms with Crippen LogP contribution in [0.4, 0.5) is 0 Å². The second kappa shape index (κ2) is 5.71. The highest BCUT2D eigenvalue weighted by molar-refractivity contribution is 6.31. The van der Waals surface area contributed by atoms with Crippen LogP contribution < -0.4 is 5.32 Å². The van der Waals surface area contributed by atoms with Crippen molar-refractivity contribution in [2.24, 2.45) is 0 Å². The number of amides is 1. The molecule has 94 valence electrons. The molecule has 1 aromatic carbocycles. The second-order valence-electron chi connectivity index (χ2n) is 4.14. The summed E-state index contributed by atoms with van der Waals surface area (Å²) in [7, 11) is 1.84. The van der Waals surface area contributed by atoms with Crippen molar-refractivity contribution in [3.63, 3.8) is 0 Å². The van der Waals surface area contributed by atoms with E-state index in [0.717, 1.165) is 18.7 Å². The molecule has 0 bridgehead atoms. The van der Waals surface area contributed by atoms with Gasteiger partial charge in [-0.1, -0.05) is 17.7 Å². The first-order chi connectivity index (χ1) is 7.61. The minimum atomic E-state index is 0. The highest BCUT2D eigenvalue weighted by Crippen LogP contribution is 2.20. The summed E-state index contributed by atoms with van der Waals surface area (Å²) >= 11 is 6.01. The Hall–Kier alpha value is -0.770. The maximum absolute atomic E-state index is 12.2. The van der Waals surface area contributed by atoms with Crippen molar-refractivity contribution in [1.29, 1.82) is 0 Å². The minimum absolute atomic E-state index is 0. The van der Waals surface area contributed by atoms with Crippen molar-refractivity contribution in [3.05, 3.63) is 34.3 Å². The van der Waals surface area contributed by atoms with Gasteiger partial charge in [0.05, 0.1) is 6.04 Å². The number of nitrogens with zero attached hydrogens (tertiary/aromatic N) is 1. The molecule has 0 spiro atoms. The predicted octanol–water partition coefficient (Wildman–Crippen LogP) is 2.11. The van der Waals surface area contributed by atoms with E-state index in [4.69, 9.17) is 11.6 Å². The largest absolute Gasteiger partial charge is 0.336 e. The van der Waals surface area contributed by atoms with Gasteiger partial charge in [-0.2, -0.15) is 0 Å². The first kappa shape index (κ1) is 14.3. The lowest BCUT2D eigenvalue weighted by Gasteiger charge is -2.35. The fourth-order valence-corrected chi connectivity index (χ4v) is 1.92. The monoisotopic (exact) mass is 274 g/mol. The molecule has 5 heteroatoms. The lowest BCUT2D eigenvalue weighted by molar-refractivity contribution is 0.0680. The number of halogens is 2. The van der Waals surface area contributed by atoms with Crippen LogP contribution in [0.2, 0.25) is 5.02 Å². The number of hydrogen-bond donors (Lipinski definition) is 1. The molecule has 0 unspecified atom stereocenters. The number of carbonyl (C=O) groups excluding carboxylic acids is 1. The molecule has 1 heterocycles. The van der Waals surface area contributed by atoms with E-state index in [1.807, 2.05) is 26.1 Å². The van der Waals surface area contributed by atoms with Crippen molar-refractivity contribution >= 4 is 29.9 Å². The van der Waals surface area contributed by atoms with Gasteiger partial charge in [0.2, 0.25) is 0 Å². The summed E-state index contributed by atoms with van der Waals surface area (Å²) in [6.07, 6.45) is 0. The molecule has 0 aliphatic carbocycles. The summed E-state index contributed by atoms with van der Waals surface area (Å²) in [5.41, 5.74) is 1.55. The van der Waals surface area contributed by atoms with Gasteiger partial charge in [-0.15, -0.1) is 12.4 Å². The number of hydrogen-bond acceptors (Lipinski definition) is 2. The Balaban J connectivity index is 0.00000144. The Kier molecular flexibility index (Phi) is 4.80. The van der Waals surface area contributed by atoms with Gasteiger partial charge in [-0.05, 0) is 24.6 Å². The smallest absolute Gasteiger partial charge is 0.254 e. The molecule has 1 amide bonds. The van der Waals surface area contributed by atoms with Crippen LogP contribution in [0.5, 0.6) is 0 Å². The van der Waals surface area contributed by atoms with Gasteiger partial charge in [-0.3, -0.25) is 4.79 Å². The van der Waals surface area contributed by atoms with Crippen molar-refractivity contribution in [2.45, 2.75) is 13.0 Å². The summed E-state index contributed by atoms with van der Waals surface area (Å²) in [6, 6.07) is 5.76. The fraction of sp³-hybridized carbons (Fsp3) is 0.417. The first-order valence-electron chi connectivity index (χ1n) is 5.34. The zero-order valence-electron chi connectivity index (χ0n) is 9.87. The Morgan fingerprint density at radius 1 is 1.47 bits per heavy atom. The van der Waals surface area contributed by atoms with E-state index in [0.29, 0.717) is 16.6 Å². The maximum atomic E-state index is 12.2. The molecule has 0 aromatic heterocycles. The van der Waals surface area contributed by atoms with E-state index < -0.39 is 0 Å². The third kappa shape index (κ3) is 2.73. The Morgan fingerprint density at radius 3 is 2.65 bits per heavy atom. The molecule has 1 saturated heterocycles. The lowest BCUT2D eigenvalue weighted by atomic mass is 10.1. The number of carbonyl (C=O) groups is 1. The van der Waals surface area contributed by atoms with E-state index >= 15 is 0 Å². The first-order valence-corrected chi connectivity index (χ1v) is 5.72. The number of rotatable bonds is 2. The summed E-state index contributed by atoms with van der Waals surface area (Å²) in [4.78, 5) is 14.0. The van der Waals surface area contributed by atoms with Gasteiger partial charge in [0.25, 0.3) is 5.91 Å². The maximum Gasteiger partial charge on any atom is 0.254 e. The van der Waals surface area contributed by atoms with Crippen LogP contribution in [0.25, 0.3) is 0 Å². The molecule has 1 aliphatic rings. The molecule has 2 rings (SSSR count). The summed E-state index contributed by atoms with van der Waals surface area (Å²) in [5, 5.41) is 3.80. The van der Waals surface area contributed by atoms with Gasteiger partial charge in [0, 0.05) is 30.7 Å². The fourth-order valence-electron chi connectivity index (χ4n) is 1.74. The van der Waals surface area contributed by atoms with E-state index in [2.05, 4.69) is 5.32 Å².